The number of anilines is 1. The molecule has 1 aromatic rings. The molecule has 0 saturated carbocycles. The molecular formula is C17H27N3O2. The minimum Gasteiger partial charge on any atom is -0.347 e. The zero-order valence-electron chi connectivity index (χ0n) is 13.9. The Hall–Kier alpha value is -1.88. The lowest BCUT2D eigenvalue weighted by atomic mass is 10.0. The van der Waals surface area contributed by atoms with Gasteiger partial charge in [-0.15, -0.1) is 0 Å². The van der Waals surface area contributed by atoms with Crippen molar-refractivity contribution < 1.29 is 9.59 Å². The summed E-state index contributed by atoms with van der Waals surface area (Å²) in [4.78, 5) is 24.0. The highest BCUT2D eigenvalue weighted by atomic mass is 16.2. The second-order valence-corrected chi connectivity index (χ2v) is 6.15. The van der Waals surface area contributed by atoms with Gasteiger partial charge >= 0.3 is 0 Å². The Kier molecular flexibility index (Phi) is 6.56. The van der Waals surface area contributed by atoms with Crippen molar-refractivity contribution >= 4 is 17.5 Å². The molecule has 1 aromatic carbocycles. The van der Waals surface area contributed by atoms with Crippen LogP contribution in [-0.2, 0) is 4.79 Å². The minimum absolute atomic E-state index is 0.118. The van der Waals surface area contributed by atoms with Crippen LogP contribution in [0.25, 0.3) is 0 Å². The molecule has 0 spiro atoms. The number of nitrogens with one attached hydrogen (secondary N) is 2. The van der Waals surface area contributed by atoms with Crippen LogP contribution >= 0.6 is 0 Å². The SMILES string of the molecule is CCCC(N)C(=O)Nc1ccc(C(=O)NC(C)(C)CC)cc1. The molecule has 5 nitrogen and oxygen atoms in total. The van der Waals surface area contributed by atoms with E-state index >= 15 is 0 Å². The Balaban J connectivity index is 2.67. The van der Waals surface area contributed by atoms with Gasteiger partial charge in [0, 0.05) is 16.8 Å². The summed E-state index contributed by atoms with van der Waals surface area (Å²) in [6, 6.07) is 6.32. The molecule has 1 rings (SSSR count). The van der Waals surface area contributed by atoms with E-state index in [4.69, 9.17) is 5.73 Å². The average Bonchev–Trinajstić information content (AvgIpc) is 2.47. The van der Waals surface area contributed by atoms with Crippen molar-refractivity contribution in [2.75, 3.05) is 5.32 Å². The third kappa shape index (κ3) is 5.48. The van der Waals surface area contributed by atoms with E-state index in [2.05, 4.69) is 10.6 Å². The van der Waals surface area contributed by atoms with Gasteiger partial charge in [-0.25, -0.2) is 0 Å². The predicted octanol–water partition coefficient (Wildman–Crippen LogP) is 2.67. The monoisotopic (exact) mass is 305 g/mol. The molecule has 1 atom stereocenters. The van der Waals surface area contributed by atoms with Gasteiger partial charge in [0.05, 0.1) is 6.04 Å². The first kappa shape index (κ1) is 18.2. The van der Waals surface area contributed by atoms with Crippen LogP contribution in [0.2, 0.25) is 0 Å². The number of carbonyl (C=O) groups excluding carboxylic acids is 2. The van der Waals surface area contributed by atoms with Gasteiger partial charge in [-0.05, 0) is 51.0 Å². The van der Waals surface area contributed by atoms with E-state index in [0.29, 0.717) is 17.7 Å². The summed E-state index contributed by atoms with van der Waals surface area (Å²) in [5, 5.41) is 5.73. The number of hydrogen-bond acceptors (Lipinski definition) is 3. The van der Waals surface area contributed by atoms with Crippen molar-refractivity contribution in [3.8, 4) is 0 Å². The maximum absolute atomic E-state index is 12.1. The Morgan fingerprint density at radius 1 is 1.18 bits per heavy atom. The molecule has 0 saturated heterocycles. The number of benzene rings is 1. The molecule has 4 N–H and O–H groups in total. The first-order valence-electron chi connectivity index (χ1n) is 7.78. The topological polar surface area (TPSA) is 84.2 Å². The standard InChI is InChI=1S/C17H27N3O2/c1-5-7-14(18)16(22)19-13-10-8-12(9-11-13)15(21)20-17(3,4)6-2/h8-11,14H,5-7,18H2,1-4H3,(H,19,22)(H,20,21). The van der Waals surface area contributed by atoms with E-state index in [1.807, 2.05) is 27.7 Å². The molecule has 5 heteroatoms. The summed E-state index contributed by atoms with van der Waals surface area (Å²) in [6.45, 7) is 7.97. The molecular weight excluding hydrogens is 278 g/mol. The first-order chi connectivity index (χ1) is 10.3. The average molecular weight is 305 g/mol. The molecule has 1 unspecified atom stereocenters. The van der Waals surface area contributed by atoms with E-state index in [1.54, 1.807) is 24.3 Å². The van der Waals surface area contributed by atoms with Crippen molar-refractivity contribution in [3.05, 3.63) is 29.8 Å². The maximum Gasteiger partial charge on any atom is 0.251 e. The largest absolute Gasteiger partial charge is 0.347 e. The molecule has 2 amide bonds. The zero-order chi connectivity index (χ0) is 16.8. The van der Waals surface area contributed by atoms with Crippen LogP contribution in [0.4, 0.5) is 5.69 Å². The summed E-state index contributed by atoms with van der Waals surface area (Å²) in [5.41, 5.74) is 6.73. The smallest absolute Gasteiger partial charge is 0.251 e. The molecule has 0 bridgehead atoms. The molecule has 122 valence electrons. The van der Waals surface area contributed by atoms with Crippen molar-refractivity contribution in [1.29, 1.82) is 0 Å². The first-order valence-corrected chi connectivity index (χ1v) is 7.78. The van der Waals surface area contributed by atoms with Crippen LogP contribution in [0.15, 0.2) is 24.3 Å². The Bertz CT molecular complexity index is 509. The van der Waals surface area contributed by atoms with Crippen molar-refractivity contribution in [1.82, 2.24) is 5.32 Å². The Morgan fingerprint density at radius 2 is 1.77 bits per heavy atom. The summed E-state index contributed by atoms with van der Waals surface area (Å²) in [5.74, 6) is -0.321. The molecule has 0 aliphatic carbocycles. The van der Waals surface area contributed by atoms with Gasteiger partial charge in [-0.3, -0.25) is 9.59 Å². The zero-order valence-corrected chi connectivity index (χ0v) is 13.9. The lowest BCUT2D eigenvalue weighted by Gasteiger charge is -2.24. The van der Waals surface area contributed by atoms with E-state index in [-0.39, 0.29) is 17.4 Å². The van der Waals surface area contributed by atoms with Crippen LogP contribution < -0.4 is 16.4 Å². The highest BCUT2D eigenvalue weighted by Gasteiger charge is 2.19. The van der Waals surface area contributed by atoms with Gasteiger partial charge in [0.2, 0.25) is 5.91 Å². The normalized spacial score (nSPS) is 12.6. The molecule has 0 aliphatic rings. The van der Waals surface area contributed by atoms with Crippen LogP contribution in [0.3, 0.4) is 0 Å². The van der Waals surface area contributed by atoms with Gasteiger partial charge in [0.25, 0.3) is 5.91 Å². The summed E-state index contributed by atoms with van der Waals surface area (Å²) in [7, 11) is 0. The number of carbonyl (C=O) groups is 2. The lowest BCUT2D eigenvalue weighted by molar-refractivity contribution is -0.117. The lowest BCUT2D eigenvalue weighted by Crippen LogP contribution is -2.42. The van der Waals surface area contributed by atoms with Gasteiger partial charge in [0.1, 0.15) is 0 Å². The quantitative estimate of drug-likeness (QED) is 0.724. The van der Waals surface area contributed by atoms with E-state index in [1.165, 1.54) is 0 Å². The van der Waals surface area contributed by atoms with Gasteiger partial charge in [-0.1, -0.05) is 20.3 Å². The van der Waals surface area contributed by atoms with Gasteiger partial charge < -0.3 is 16.4 Å². The van der Waals surface area contributed by atoms with E-state index in [0.717, 1.165) is 12.8 Å². The highest BCUT2D eigenvalue weighted by Crippen LogP contribution is 2.13. The predicted molar refractivity (Wildman–Crippen MR) is 89.8 cm³/mol. The molecule has 0 heterocycles. The second-order valence-electron chi connectivity index (χ2n) is 6.15. The van der Waals surface area contributed by atoms with Crippen LogP contribution in [0.1, 0.15) is 57.3 Å². The Labute approximate surface area is 132 Å². The van der Waals surface area contributed by atoms with E-state index < -0.39 is 6.04 Å². The third-order valence-electron chi connectivity index (χ3n) is 3.69. The number of nitrogens with two attached hydrogens (primary N) is 1. The molecule has 22 heavy (non-hydrogen) atoms. The van der Waals surface area contributed by atoms with Crippen molar-refractivity contribution in [2.45, 2.75) is 58.5 Å². The fraction of sp³-hybridized carbons (Fsp3) is 0.529. The minimum atomic E-state index is -0.502. The summed E-state index contributed by atoms with van der Waals surface area (Å²) >= 11 is 0. The molecule has 0 aromatic heterocycles. The van der Waals surface area contributed by atoms with Gasteiger partial charge in [0.15, 0.2) is 0 Å². The second kappa shape index (κ2) is 7.94. The van der Waals surface area contributed by atoms with E-state index in [9.17, 15) is 9.59 Å². The number of hydrogen-bond donors (Lipinski definition) is 3. The molecule has 0 aliphatic heterocycles. The Morgan fingerprint density at radius 3 is 2.27 bits per heavy atom. The van der Waals surface area contributed by atoms with Crippen molar-refractivity contribution in [2.24, 2.45) is 5.73 Å². The highest BCUT2D eigenvalue weighted by molar-refractivity contribution is 5.97. The summed E-state index contributed by atoms with van der Waals surface area (Å²) in [6.07, 6.45) is 2.36. The number of rotatable bonds is 7. The fourth-order valence-electron chi connectivity index (χ4n) is 1.85. The maximum atomic E-state index is 12.1. The van der Waals surface area contributed by atoms with Crippen LogP contribution in [-0.4, -0.2) is 23.4 Å². The van der Waals surface area contributed by atoms with Crippen LogP contribution in [0.5, 0.6) is 0 Å². The fourth-order valence-corrected chi connectivity index (χ4v) is 1.85. The molecule has 0 fully saturated rings. The van der Waals surface area contributed by atoms with Gasteiger partial charge in [-0.2, -0.15) is 0 Å². The third-order valence-corrected chi connectivity index (χ3v) is 3.69. The molecule has 0 radical (unpaired) electrons. The summed E-state index contributed by atoms with van der Waals surface area (Å²) < 4.78 is 0. The van der Waals surface area contributed by atoms with Crippen molar-refractivity contribution in [3.63, 3.8) is 0 Å². The number of amides is 2. The van der Waals surface area contributed by atoms with Crippen LogP contribution in [0, 0.1) is 0 Å².